The number of amides is 1. The van der Waals surface area contributed by atoms with Crippen molar-refractivity contribution in [3.63, 3.8) is 0 Å². The predicted octanol–water partition coefficient (Wildman–Crippen LogP) is 2.86. The summed E-state index contributed by atoms with van der Waals surface area (Å²) < 4.78 is 5.26. The van der Waals surface area contributed by atoms with Crippen molar-refractivity contribution < 1.29 is 9.53 Å². The van der Waals surface area contributed by atoms with Crippen LogP contribution in [0, 0.1) is 0 Å². The first-order valence-electron chi connectivity index (χ1n) is 9.43. The first-order chi connectivity index (χ1) is 12.0. The second-order valence-electron chi connectivity index (χ2n) is 7.26. The molecule has 0 bridgehead atoms. The number of piperidine rings is 1. The van der Waals surface area contributed by atoms with Crippen molar-refractivity contribution >= 4 is 5.91 Å². The Hall–Kier alpha value is -1.59. The molecule has 0 saturated carbocycles. The Kier molecular flexibility index (Phi) is 7.26. The molecule has 1 aliphatic heterocycles. The number of nitrogens with two attached hydrogens (primary N) is 1. The maximum atomic E-state index is 12.5. The van der Waals surface area contributed by atoms with Crippen LogP contribution in [0.1, 0.15) is 57.6 Å². The van der Waals surface area contributed by atoms with Gasteiger partial charge in [-0.1, -0.05) is 31.9 Å². The van der Waals surface area contributed by atoms with Gasteiger partial charge in [0.05, 0.1) is 18.7 Å². The molecule has 3 N–H and O–H groups in total. The van der Waals surface area contributed by atoms with Crippen molar-refractivity contribution in [2.24, 2.45) is 5.73 Å². The molecule has 5 nitrogen and oxygen atoms in total. The Bertz CT molecular complexity index is 536. The molecule has 0 radical (unpaired) electrons. The van der Waals surface area contributed by atoms with E-state index in [-0.39, 0.29) is 11.9 Å². The zero-order valence-corrected chi connectivity index (χ0v) is 15.9. The molecule has 1 aromatic rings. The largest absolute Gasteiger partial charge is 0.497 e. The van der Waals surface area contributed by atoms with Gasteiger partial charge >= 0.3 is 0 Å². The van der Waals surface area contributed by atoms with Crippen LogP contribution in [0.15, 0.2) is 24.3 Å². The summed E-state index contributed by atoms with van der Waals surface area (Å²) in [6.07, 6.45) is 5.30. The highest BCUT2D eigenvalue weighted by molar-refractivity contribution is 5.85. The van der Waals surface area contributed by atoms with Crippen LogP contribution in [-0.4, -0.2) is 43.1 Å². The fourth-order valence-electron chi connectivity index (χ4n) is 3.54. The molecule has 1 fully saturated rings. The summed E-state index contributed by atoms with van der Waals surface area (Å²) in [5, 5.41) is 3.10. The topological polar surface area (TPSA) is 67.6 Å². The van der Waals surface area contributed by atoms with E-state index in [1.807, 2.05) is 26.0 Å². The van der Waals surface area contributed by atoms with Crippen molar-refractivity contribution in [2.75, 3.05) is 26.7 Å². The molecule has 1 saturated heterocycles. The zero-order chi connectivity index (χ0) is 18.3. The molecular formula is C20H33N3O2. The molecule has 2 atom stereocenters. The second kappa shape index (κ2) is 9.20. The van der Waals surface area contributed by atoms with E-state index in [2.05, 4.69) is 22.3 Å². The number of ether oxygens (including phenoxy) is 1. The lowest BCUT2D eigenvalue weighted by Crippen LogP contribution is -2.53. The normalized spacial score (nSPS) is 19.0. The number of hydrogen-bond acceptors (Lipinski definition) is 4. The standard InChI is InChI=1S/C20H33N3O2/c1-4-12-20(2,21)19(24)22-15-18(23-13-6-5-7-14-23)16-8-10-17(25-3)11-9-16/h8-11,18H,4-7,12-15,21H2,1-3H3,(H,22,24). The van der Waals surface area contributed by atoms with Gasteiger partial charge in [0.25, 0.3) is 0 Å². The summed E-state index contributed by atoms with van der Waals surface area (Å²) in [7, 11) is 1.67. The molecular weight excluding hydrogens is 314 g/mol. The summed E-state index contributed by atoms with van der Waals surface area (Å²) >= 11 is 0. The number of methoxy groups -OCH3 is 1. The highest BCUT2D eigenvalue weighted by atomic mass is 16.5. The maximum Gasteiger partial charge on any atom is 0.239 e. The lowest BCUT2D eigenvalue weighted by Gasteiger charge is -2.35. The molecule has 2 rings (SSSR count). The number of rotatable bonds is 8. The summed E-state index contributed by atoms with van der Waals surface area (Å²) in [6.45, 7) is 6.59. The number of carbonyl (C=O) groups is 1. The van der Waals surface area contributed by atoms with Gasteiger partial charge in [-0.3, -0.25) is 9.69 Å². The SMILES string of the molecule is CCCC(C)(N)C(=O)NCC(c1ccc(OC)cc1)N1CCCCC1. The third-order valence-corrected chi connectivity index (χ3v) is 5.08. The van der Waals surface area contributed by atoms with Crippen LogP contribution in [-0.2, 0) is 4.79 Å². The smallest absolute Gasteiger partial charge is 0.239 e. The molecule has 1 heterocycles. The minimum absolute atomic E-state index is 0.0649. The molecule has 5 heteroatoms. The Labute approximate surface area is 151 Å². The van der Waals surface area contributed by atoms with Crippen LogP contribution in [0.4, 0.5) is 0 Å². The fourth-order valence-corrected chi connectivity index (χ4v) is 3.54. The van der Waals surface area contributed by atoms with E-state index >= 15 is 0 Å². The van der Waals surface area contributed by atoms with Gasteiger partial charge in [-0.2, -0.15) is 0 Å². The monoisotopic (exact) mass is 347 g/mol. The number of likely N-dealkylation sites (tertiary alicyclic amines) is 1. The molecule has 0 aliphatic carbocycles. The van der Waals surface area contributed by atoms with Crippen molar-refractivity contribution in [2.45, 2.75) is 57.5 Å². The first-order valence-corrected chi connectivity index (χ1v) is 9.43. The van der Waals surface area contributed by atoms with E-state index in [0.717, 1.165) is 25.3 Å². The third kappa shape index (κ3) is 5.44. The average Bonchev–Trinajstić information content (AvgIpc) is 2.63. The molecule has 140 valence electrons. The summed E-state index contributed by atoms with van der Waals surface area (Å²) in [5.41, 5.74) is 6.57. The highest BCUT2D eigenvalue weighted by Crippen LogP contribution is 2.26. The lowest BCUT2D eigenvalue weighted by atomic mass is 9.96. The van der Waals surface area contributed by atoms with Gasteiger partial charge in [-0.25, -0.2) is 0 Å². The molecule has 2 unspecified atom stereocenters. The molecule has 1 aliphatic rings. The number of benzene rings is 1. The van der Waals surface area contributed by atoms with E-state index in [4.69, 9.17) is 10.5 Å². The fraction of sp³-hybridized carbons (Fsp3) is 0.650. The molecule has 1 aromatic carbocycles. The number of nitrogens with zero attached hydrogens (tertiary/aromatic N) is 1. The molecule has 0 aromatic heterocycles. The van der Waals surface area contributed by atoms with E-state index in [1.165, 1.54) is 24.8 Å². The van der Waals surface area contributed by atoms with Crippen LogP contribution in [0.2, 0.25) is 0 Å². The van der Waals surface area contributed by atoms with Gasteiger partial charge < -0.3 is 15.8 Å². The zero-order valence-electron chi connectivity index (χ0n) is 15.9. The number of nitrogens with one attached hydrogen (secondary N) is 1. The van der Waals surface area contributed by atoms with Crippen molar-refractivity contribution in [1.29, 1.82) is 0 Å². The molecule has 1 amide bonds. The van der Waals surface area contributed by atoms with Gasteiger partial charge in [0.15, 0.2) is 0 Å². The first kappa shape index (κ1) is 19.7. The Balaban J connectivity index is 2.09. The van der Waals surface area contributed by atoms with Gasteiger partial charge in [-0.05, 0) is 57.0 Å². The minimum Gasteiger partial charge on any atom is -0.497 e. The van der Waals surface area contributed by atoms with Crippen molar-refractivity contribution in [3.05, 3.63) is 29.8 Å². The van der Waals surface area contributed by atoms with Crippen molar-refractivity contribution in [1.82, 2.24) is 10.2 Å². The summed E-state index contributed by atoms with van der Waals surface area (Å²) in [4.78, 5) is 15.0. The Morgan fingerprint density at radius 2 is 1.92 bits per heavy atom. The Morgan fingerprint density at radius 3 is 2.48 bits per heavy atom. The summed E-state index contributed by atoms with van der Waals surface area (Å²) in [6, 6.07) is 8.33. The second-order valence-corrected chi connectivity index (χ2v) is 7.26. The quantitative estimate of drug-likeness (QED) is 0.759. The van der Waals surface area contributed by atoms with E-state index in [9.17, 15) is 4.79 Å². The van der Waals surface area contributed by atoms with Gasteiger partial charge in [-0.15, -0.1) is 0 Å². The van der Waals surface area contributed by atoms with Gasteiger partial charge in [0, 0.05) is 6.54 Å². The van der Waals surface area contributed by atoms with E-state index in [0.29, 0.717) is 13.0 Å². The van der Waals surface area contributed by atoms with E-state index in [1.54, 1.807) is 7.11 Å². The maximum absolute atomic E-state index is 12.5. The number of hydrogen-bond donors (Lipinski definition) is 2. The van der Waals surface area contributed by atoms with Crippen LogP contribution in [0.3, 0.4) is 0 Å². The lowest BCUT2D eigenvalue weighted by molar-refractivity contribution is -0.126. The van der Waals surface area contributed by atoms with Crippen LogP contribution in [0.5, 0.6) is 5.75 Å². The van der Waals surface area contributed by atoms with Crippen molar-refractivity contribution in [3.8, 4) is 5.75 Å². The van der Waals surface area contributed by atoms with E-state index < -0.39 is 5.54 Å². The predicted molar refractivity (Wildman–Crippen MR) is 102 cm³/mol. The van der Waals surface area contributed by atoms with Crippen LogP contribution >= 0.6 is 0 Å². The molecule has 25 heavy (non-hydrogen) atoms. The van der Waals surface area contributed by atoms with Gasteiger partial charge in [0.1, 0.15) is 5.75 Å². The number of carbonyl (C=O) groups excluding carboxylic acids is 1. The van der Waals surface area contributed by atoms with Crippen LogP contribution in [0.25, 0.3) is 0 Å². The Morgan fingerprint density at radius 1 is 1.28 bits per heavy atom. The van der Waals surface area contributed by atoms with Gasteiger partial charge in [0.2, 0.25) is 5.91 Å². The molecule has 0 spiro atoms. The third-order valence-electron chi connectivity index (χ3n) is 5.08. The minimum atomic E-state index is -0.804. The summed E-state index contributed by atoms with van der Waals surface area (Å²) in [5.74, 6) is 0.785. The highest BCUT2D eigenvalue weighted by Gasteiger charge is 2.29. The average molecular weight is 348 g/mol. The van der Waals surface area contributed by atoms with Crippen LogP contribution < -0.4 is 15.8 Å².